The zero-order valence-electron chi connectivity index (χ0n) is 10.9. The number of amides is 1. The lowest BCUT2D eigenvalue weighted by Crippen LogP contribution is -2.48. The average Bonchev–Trinajstić information content (AvgIpc) is 2.92. The molecular weight excluding hydrogens is 248 g/mol. The topological polar surface area (TPSA) is 41.6 Å². The summed E-state index contributed by atoms with van der Waals surface area (Å²) in [5, 5.41) is 5.68. The van der Waals surface area contributed by atoms with Crippen molar-refractivity contribution in [2.24, 2.45) is 0 Å². The summed E-state index contributed by atoms with van der Waals surface area (Å²) in [5.41, 5.74) is 0. The third-order valence-corrected chi connectivity index (χ3v) is 4.36. The maximum absolute atomic E-state index is 11.5. The van der Waals surface area contributed by atoms with E-state index in [1.807, 2.05) is 0 Å². The summed E-state index contributed by atoms with van der Waals surface area (Å²) in [6, 6.07) is 4.91. The van der Waals surface area contributed by atoms with Gasteiger partial charge in [0.1, 0.15) is 0 Å². The van der Waals surface area contributed by atoms with Crippen LogP contribution >= 0.6 is 11.3 Å². The monoisotopic (exact) mass is 268 g/mol. The highest BCUT2D eigenvalue weighted by Gasteiger charge is 2.25. The lowest BCUT2D eigenvalue weighted by atomic mass is 10.0. The molecule has 1 aromatic rings. The van der Waals surface area contributed by atoms with Crippen LogP contribution in [0.15, 0.2) is 17.5 Å². The average molecular weight is 268 g/mol. The molecule has 0 spiro atoms. The molecule has 1 fully saturated rings. The van der Waals surface area contributed by atoms with E-state index in [0.29, 0.717) is 12.1 Å². The van der Waals surface area contributed by atoms with Crippen LogP contribution in [0.1, 0.15) is 30.7 Å². The number of ether oxygens (including phenoxy) is 1. The summed E-state index contributed by atoms with van der Waals surface area (Å²) in [6.45, 7) is 3.71. The third kappa shape index (κ3) is 3.23. The molecule has 2 atom stereocenters. The second kappa shape index (κ2) is 6.20. The number of rotatable bonds is 3. The standard InChI is InChI=1S/C13H20N2O2S/c1-10(12-6-4-8-18-12)14-11-5-3-7-15(9-11)13(16)17-2/h4,6,8,10-11,14H,3,5,7,9H2,1-2H3/t10-,11+/m0/s1. The number of likely N-dealkylation sites (tertiary alicyclic amines) is 1. The summed E-state index contributed by atoms with van der Waals surface area (Å²) in [7, 11) is 1.44. The second-order valence-corrected chi connectivity index (χ2v) is 5.64. The molecule has 0 aromatic carbocycles. The third-order valence-electron chi connectivity index (χ3n) is 3.31. The van der Waals surface area contributed by atoms with E-state index >= 15 is 0 Å². The molecule has 0 bridgehead atoms. The van der Waals surface area contributed by atoms with Crippen molar-refractivity contribution >= 4 is 17.4 Å². The second-order valence-electron chi connectivity index (χ2n) is 4.66. The summed E-state index contributed by atoms with van der Waals surface area (Å²) in [4.78, 5) is 14.6. The minimum Gasteiger partial charge on any atom is -0.453 e. The number of methoxy groups -OCH3 is 1. The minimum atomic E-state index is -0.217. The lowest BCUT2D eigenvalue weighted by Gasteiger charge is -2.33. The van der Waals surface area contributed by atoms with Gasteiger partial charge in [0.05, 0.1) is 7.11 Å². The van der Waals surface area contributed by atoms with Crippen LogP contribution in [0.25, 0.3) is 0 Å². The van der Waals surface area contributed by atoms with Crippen LogP contribution in [0.2, 0.25) is 0 Å². The summed E-state index contributed by atoms with van der Waals surface area (Å²) in [6.07, 6.45) is 1.93. The molecule has 18 heavy (non-hydrogen) atoms. The molecule has 1 saturated heterocycles. The molecule has 1 aliphatic heterocycles. The van der Waals surface area contributed by atoms with Gasteiger partial charge in [0.15, 0.2) is 0 Å². The minimum absolute atomic E-state index is 0.217. The SMILES string of the molecule is COC(=O)N1CCC[C@@H](N[C@@H](C)c2cccs2)C1. The molecule has 4 nitrogen and oxygen atoms in total. The van der Waals surface area contributed by atoms with E-state index in [9.17, 15) is 4.79 Å². The number of piperidine rings is 1. The van der Waals surface area contributed by atoms with Gasteiger partial charge in [-0.3, -0.25) is 0 Å². The molecule has 0 aliphatic carbocycles. The van der Waals surface area contributed by atoms with Crippen molar-refractivity contribution in [2.75, 3.05) is 20.2 Å². The largest absolute Gasteiger partial charge is 0.453 e. The smallest absolute Gasteiger partial charge is 0.409 e. The van der Waals surface area contributed by atoms with Crippen molar-refractivity contribution in [1.82, 2.24) is 10.2 Å². The Morgan fingerprint density at radius 1 is 1.67 bits per heavy atom. The molecule has 100 valence electrons. The summed E-state index contributed by atoms with van der Waals surface area (Å²) in [5.74, 6) is 0. The fraction of sp³-hybridized carbons (Fsp3) is 0.615. The van der Waals surface area contributed by atoms with Crippen molar-refractivity contribution < 1.29 is 9.53 Å². The first-order chi connectivity index (χ1) is 8.70. The Balaban J connectivity index is 1.88. The van der Waals surface area contributed by atoms with Gasteiger partial charge in [-0.05, 0) is 31.2 Å². The van der Waals surface area contributed by atoms with E-state index in [1.54, 1.807) is 16.2 Å². The molecule has 1 N–H and O–H groups in total. The Morgan fingerprint density at radius 3 is 3.17 bits per heavy atom. The van der Waals surface area contributed by atoms with Gasteiger partial charge in [0.25, 0.3) is 0 Å². The maximum Gasteiger partial charge on any atom is 0.409 e. The van der Waals surface area contributed by atoms with Crippen molar-refractivity contribution in [2.45, 2.75) is 31.8 Å². The normalized spacial score (nSPS) is 21.7. The Labute approximate surface area is 112 Å². The molecule has 1 aliphatic rings. The first kappa shape index (κ1) is 13.4. The number of carbonyl (C=O) groups is 1. The fourth-order valence-corrected chi connectivity index (χ4v) is 3.13. The molecule has 0 radical (unpaired) electrons. The first-order valence-corrected chi connectivity index (χ1v) is 7.21. The number of hydrogen-bond donors (Lipinski definition) is 1. The zero-order chi connectivity index (χ0) is 13.0. The molecule has 0 saturated carbocycles. The fourth-order valence-electron chi connectivity index (χ4n) is 2.38. The van der Waals surface area contributed by atoms with Crippen LogP contribution in [0, 0.1) is 0 Å². The van der Waals surface area contributed by atoms with Crippen molar-refractivity contribution in [1.29, 1.82) is 0 Å². The van der Waals surface area contributed by atoms with Crippen LogP contribution in [0.5, 0.6) is 0 Å². The highest BCUT2D eigenvalue weighted by atomic mass is 32.1. The number of nitrogens with one attached hydrogen (secondary N) is 1. The van der Waals surface area contributed by atoms with Crippen molar-refractivity contribution in [3.05, 3.63) is 22.4 Å². The Hall–Kier alpha value is -1.07. The Kier molecular flexibility index (Phi) is 4.60. The Morgan fingerprint density at radius 2 is 2.50 bits per heavy atom. The predicted octanol–water partition coefficient (Wildman–Crippen LogP) is 2.63. The number of nitrogens with zero attached hydrogens (tertiary/aromatic N) is 1. The zero-order valence-corrected chi connectivity index (χ0v) is 11.7. The van der Waals surface area contributed by atoms with Crippen LogP contribution < -0.4 is 5.32 Å². The van der Waals surface area contributed by atoms with E-state index in [-0.39, 0.29) is 6.09 Å². The van der Waals surface area contributed by atoms with Crippen LogP contribution in [-0.2, 0) is 4.74 Å². The van der Waals surface area contributed by atoms with E-state index in [1.165, 1.54) is 12.0 Å². The van der Waals surface area contributed by atoms with Crippen molar-refractivity contribution in [3.63, 3.8) is 0 Å². The van der Waals surface area contributed by atoms with Gasteiger partial charge in [0, 0.05) is 30.1 Å². The molecule has 2 rings (SSSR count). The van der Waals surface area contributed by atoms with Gasteiger partial charge in [-0.2, -0.15) is 0 Å². The molecular formula is C13H20N2O2S. The van der Waals surface area contributed by atoms with E-state index in [2.05, 4.69) is 29.8 Å². The number of thiophene rings is 1. The van der Waals surface area contributed by atoms with Gasteiger partial charge >= 0.3 is 6.09 Å². The highest BCUT2D eigenvalue weighted by molar-refractivity contribution is 7.10. The van der Waals surface area contributed by atoms with Gasteiger partial charge in [-0.15, -0.1) is 11.3 Å². The summed E-state index contributed by atoms with van der Waals surface area (Å²) < 4.78 is 4.78. The summed E-state index contributed by atoms with van der Waals surface area (Å²) >= 11 is 1.76. The number of hydrogen-bond acceptors (Lipinski definition) is 4. The molecule has 1 aromatic heterocycles. The quantitative estimate of drug-likeness (QED) is 0.916. The maximum atomic E-state index is 11.5. The van der Waals surface area contributed by atoms with Gasteiger partial charge < -0.3 is 15.0 Å². The van der Waals surface area contributed by atoms with Gasteiger partial charge in [-0.25, -0.2) is 4.79 Å². The molecule has 5 heteroatoms. The van der Waals surface area contributed by atoms with Gasteiger partial charge in [-0.1, -0.05) is 6.07 Å². The van der Waals surface area contributed by atoms with Crippen LogP contribution in [-0.4, -0.2) is 37.2 Å². The van der Waals surface area contributed by atoms with Crippen molar-refractivity contribution in [3.8, 4) is 0 Å². The van der Waals surface area contributed by atoms with Crippen LogP contribution in [0.3, 0.4) is 0 Å². The van der Waals surface area contributed by atoms with Gasteiger partial charge in [0.2, 0.25) is 0 Å². The molecule has 2 heterocycles. The molecule has 1 amide bonds. The van der Waals surface area contributed by atoms with E-state index < -0.39 is 0 Å². The molecule has 0 unspecified atom stereocenters. The number of carbonyl (C=O) groups excluding carboxylic acids is 1. The van der Waals surface area contributed by atoms with E-state index in [4.69, 9.17) is 4.74 Å². The lowest BCUT2D eigenvalue weighted by molar-refractivity contribution is 0.106. The first-order valence-electron chi connectivity index (χ1n) is 6.33. The van der Waals surface area contributed by atoms with E-state index in [0.717, 1.165) is 25.9 Å². The van der Waals surface area contributed by atoms with Crippen LogP contribution in [0.4, 0.5) is 4.79 Å². The predicted molar refractivity (Wildman–Crippen MR) is 72.9 cm³/mol. The highest BCUT2D eigenvalue weighted by Crippen LogP contribution is 2.21. The Bertz CT molecular complexity index is 380.